The highest BCUT2D eigenvalue weighted by Gasteiger charge is 2.27. The lowest BCUT2D eigenvalue weighted by atomic mass is 9.90. The van der Waals surface area contributed by atoms with Gasteiger partial charge in [-0.05, 0) is 87.6 Å². The van der Waals surface area contributed by atoms with E-state index in [-0.39, 0.29) is 17.9 Å². The third-order valence-corrected chi connectivity index (χ3v) is 6.66. The fourth-order valence-corrected chi connectivity index (χ4v) is 4.90. The second-order valence-corrected chi connectivity index (χ2v) is 10.5. The summed E-state index contributed by atoms with van der Waals surface area (Å²) < 4.78 is 7.53. The van der Waals surface area contributed by atoms with E-state index in [0.717, 1.165) is 47.6 Å². The molecule has 0 saturated carbocycles. The SMILES string of the molecule is Cc1nnn2c1-c1ccc(C3=CCN(C(=O)OC(C)(C)C)CC3)cc1C(Nc1ccc(O)cc1)CC2. The lowest BCUT2D eigenvalue weighted by Crippen LogP contribution is -2.39. The minimum Gasteiger partial charge on any atom is -0.508 e. The number of phenolic OH excluding ortho intramolecular Hbond substituents is 1. The van der Waals surface area contributed by atoms with E-state index in [9.17, 15) is 9.90 Å². The van der Waals surface area contributed by atoms with E-state index in [1.165, 1.54) is 11.1 Å². The van der Waals surface area contributed by atoms with Crippen LogP contribution in [0, 0.1) is 6.92 Å². The molecule has 8 heteroatoms. The zero-order valence-electron chi connectivity index (χ0n) is 21.3. The maximum atomic E-state index is 12.5. The first kappa shape index (κ1) is 23.9. The van der Waals surface area contributed by atoms with Gasteiger partial charge in [-0.25, -0.2) is 9.48 Å². The Morgan fingerprint density at radius 1 is 1.14 bits per heavy atom. The van der Waals surface area contributed by atoms with Gasteiger partial charge in [0.2, 0.25) is 0 Å². The van der Waals surface area contributed by atoms with Gasteiger partial charge < -0.3 is 20.1 Å². The van der Waals surface area contributed by atoms with Gasteiger partial charge in [0.05, 0.1) is 17.4 Å². The van der Waals surface area contributed by atoms with Crippen LogP contribution in [0.3, 0.4) is 0 Å². The molecule has 3 aromatic rings. The van der Waals surface area contributed by atoms with Crippen LogP contribution in [-0.2, 0) is 11.3 Å². The molecule has 1 amide bonds. The number of phenols is 1. The fraction of sp³-hybridized carbons (Fsp3) is 0.393. The number of aryl methyl sites for hydroxylation is 2. The molecule has 0 spiro atoms. The molecule has 5 rings (SSSR count). The van der Waals surface area contributed by atoms with Crippen molar-refractivity contribution in [3.63, 3.8) is 0 Å². The first-order valence-corrected chi connectivity index (χ1v) is 12.5. The predicted octanol–water partition coefficient (Wildman–Crippen LogP) is 5.54. The maximum absolute atomic E-state index is 12.5. The number of aromatic hydroxyl groups is 1. The van der Waals surface area contributed by atoms with Gasteiger partial charge in [-0.2, -0.15) is 0 Å². The molecule has 3 heterocycles. The minimum atomic E-state index is -0.503. The number of benzene rings is 2. The topological polar surface area (TPSA) is 92.5 Å². The van der Waals surface area contributed by atoms with Crippen LogP contribution in [0.25, 0.3) is 16.8 Å². The zero-order valence-corrected chi connectivity index (χ0v) is 21.3. The lowest BCUT2D eigenvalue weighted by molar-refractivity contribution is 0.0270. The largest absolute Gasteiger partial charge is 0.508 e. The molecular weight excluding hydrogens is 454 g/mol. The van der Waals surface area contributed by atoms with Gasteiger partial charge in [0.15, 0.2) is 0 Å². The number of hydrogen-bond acceptors (Lipinski definition) is 6. The lowest BCUT2D eigenvalue weighted by Gasteiger charge is -2.30. The highest BCUT2D eigenvalue weighted by atomic mass is 16.6. The monoisotopic (exact) mass is 487 g/mol. The van der Waals surface area contributed by atoms with Crippen molar-refractivity contribution in [1.82, 2.24) is 19.9 Å². The number of fused-ring (bicyclic) bond motifs is 3. The highest BCUT2D eigenvalue weighted by molar-refractivity contribution is 5.76. The number of nitrogens with one attached hydrogen (secondary N) is 1. The number of ether oxygens (including phenoxy) is 1. The Balaban J connectivity index is 1.46. The van der Waals surface area contributed by atoms with Crippen molar-refractivity contribution in [2.45, 2.75) is 58.7 Å². The molecular formula is C28H33N5O3. The number of carbonyl (C=O) groups excluding carboxylic acids is 1. The summed E-state index contributed by atoms with van der Waals surface area (Å²) in [6, 6.07) is 13.8. The summed E-state index contributed by atoms with van der Waals surface area (Å²) >= 11 is 0. The number of anilines is 1. The van der Waals surface area contributed by atoms with Gasteiger partial charge >= 0.3 is 6.09 Å². The van der Waals surface area contributed by atoms with Crippen LogP contribution < -0.4 is 5.32 Å². The number of carbonyl (C=O) groups is 1. The van der Waals surface area contributed by atoms with E-state index in [1.54, 1.807) is 17.0 Å². The third kappa shape index (κ3) is 4.94. The highest BCUT2D eigenvalue weighted by Crippen LogP contribution is 2.39. The normalized spacial score (nSPS) is 17.5. The molecule has 0 aliphatic carbocycles. The molecule has 0 radical (unpaired) electrons. The molecule has 36 heavy (non-hydrogen) atoms. The number of hydrogen-bond donors (Lipinski definition) is 2. The first-order chi connectivity index (χ1) is 17.2. The van der Waals surface area contributed by atoms with Crippen molar-refractivity contribution >= 4 is 17.4 Å². The molecule has 2 aliphatic heterocycles. The van der Waals surface area contributed by atoms with Crippen LogP contribution in [0.4, 0.5) is 10.5 Å². The summed E-state index contributed by atoms with van der Waals surface area (Å²) in [5.41, 5.74) is 7.13. The van der Waals surface area contributed by atoms with Crippen molar-refractivity contribution in [2.75, 3.05) is 18.4 Å². The van der Waals surface area contributed by atoms with Crippen LogP contribution in [0.2, 0.25) is 0 Å². The van der Waals surface area contributed by atoms with Gasteiger partial charge in [-0.15, -0.1) is 5.10 Å². The molecule has 1 atom stereocenters. The number of amides is 1. The van der Waals surface area contributed by atoms with Crippen LogP contribution >= 0.6 is 0 Å². The molecule has 2 aliphatic rings. The summed E-state index contributed by atoms with van der Waals surface area (Å²) in [6.45, 7) is 9.57. The van der Waals surface area contributed by atoms with Gasteiger partial charge in [0.1, 0.15) is 11.4 Å². The van der Waals surface area contributed by atoms with E-state index in [4.69, 9.17) is 4.74 Å². The molecule has 2 N–H and O–H groups in total. The van der Waals surface area contributed by atoms with Crippen molar-refractivity contribution in [1.29, 1.82) is 0 Å². The van der Waals surface area contributed by atoms with Crippen LogP contribution in [0.15, 0.2) is 48.5 Å². The molecule has 1 aromatic heterocycles. The van der Waals surface area contributed by atoms with E-state index in [2.05, 4.69) is 39.9 Å². The van der Waals surface area contributed by atoms with E-state index in [0.29, 0.717) is 13.1 Å². The van der Waals surface area contributed by atoms with Gasteiger partial charge in [-0.1, -0.05) is 23.4 Å². The summed E-state index contributed by atoms with van der Waals surface area (Å²) in [6.07, 6.45) is 3.48. The molecule has 0 saturated heterocycles. The number of rotatable bonds is 3. The summed E-state index contributed by atoms with van der Waals surface area (Å²) in [4.78, 5) is 14.2. The van der Waals surface area contributed by atoms with Gasteiger partial charge in [0.25, 0.3) is 0 Å². The molecule has 8 nitrogen and oxygen atoms in total. The third-order valence-electron chi connectivity index (χ3n) is 6.66. The minimum absolute atomic E-state index is 0.0630. The number of nitrogens with zero attached hydrogens (tertiary/aromatic N) is 4. The second-order valence-electron chi connectivity index (χ2n) is 10.5. The Morgan fingerprint density at radius 2 is 1.92 bits per heavy atom. The second kappa shape index (κ2) is 9.33. The van der Waals surface area contributed by atoms with Crippen LogP contribution in [-0.4, -0.2) is 49.8 Å². The molecule has 1 unspecified atom stereocenters. The van der Waals surface area contributed by atoms with Crippen LogP contribution in [0.5, 0.6) is 5.75 Å². The summed E-state index contributed by atoms with van der Waals surface area (Å²) in [5.74, 6) is 0.246. The van der Waals surface area contributed by atoms with E-state index in [1.807, 2.05) is 44.5 Å². The maximum Gasteiger partial charge on any atom is 0.410 e. The van der Waals surface area contributed by atoms with E-state index < -0.39 is 5.60 Å². The molecule has 0 fully saturated rings. The smallest absolute Gasteiger partial charge is 0.410 e. The van der Waals surface area contributed by atoms with Crippen molar-refractivity contribution < 1.29 is 14.6 Å². The number of aromatic nitrogens is 3. The van der Waals surface area contributed by atoms with Crippen molar-refractivity contribution in [3.05, 3.63) is 65.4 Å². The standard InChI is InChI=1S/C28H33N5O3/c1-18-26-23-10-5-20(19-11-14-32(15-12-19)27(35)36-28(2,3)4)17-24(23)25(13-16-33(26)31-30-18)29-21-6-8-22(34)9-7-21/h5-11,17,25,29,34H,12-16H2,1-4H3. The summed E-state index contributed by atoms with van der Waals surface area (Å²) in [7, 11) is 0. The molecule has 0 bridgehead atoms. The quantitative estimate of drug-likeness (QED) is 0.471. The average molecular weight is 488 g/mol. The Kier molecular flexibility index (Phi) is 6.20. The zero-order chi connectivity index (χ0) is 25.4. The fourth-order valence-electron chi connectivity index (χ4n) is 4.90. The van der Waals surface area contributed by atoms with Crippen molar-refractivity contribution in [3.8, 4) is 17.0 Å². The van der Waals surface area contributed by atoms with Gasteiger partial charge in [0, 0.05) is 30.9 Å². The van der Waals surface area contributed by atoms with Gasteiger partial charge in [-0.3, -0.25) is 0 Å². The van der Waals surface area contributed by atoms with Crippen LogP contribution in [0.1, 0.15) is 56.5 Å². The Hall–Kier alpha value is -3.81. The average Bonchev–Trinajstić information content (AvgIpc) is 3.13. The Morgan fingerprint density at radius 3 is 2.61 bits per heavy atom. The predicted molar refractivity (Wildman–Crippen MR) is 140 cm³/mol. The summed E-state index contributed by atoms with van der Waals surface area (Å²) in [5, 5.41) is 22.1. The first-order valence-electron chi connectivity index (χ1n) is 12.5. The van der Waals surface area contributed by atoms with E-state index >= 15 is 0 Å². The molecule has 2 aromatic carbocycles. The van der Waals surface area contributed by atoms with Crippen molar-refractivity contribution in [2.24, 2.45) is 0 Å². The Bertz CT molecular complexity index is 1300. The Labute approximate surface area is 211 Å². The molecule has 188 valence electrons.